The van der Waals surface area contributed by atoms with Crippen molar-refractivity contribution < 1.29 is 22.7 Å². The van der Waals surface area contributed by atoms with Gasteiger partial charge in [0.15, 0.2) is 18.3 Å². The van der Waals surface area contributed by atoms with Crippen molar-refractivity contribution in [3.05, 3.63) is 71.9 Å². The van der Waals surface area contributed by atoms with E-state index in [1.807, 2.05) is 0 Å². The Kier molecular flexibility index (Phi) is 4.55. The highest BCUT2D eigenvalue weighted by Crippen LogP contribution is 2.17. The third kappa shape index (κ3) is 3.78. The van der Waals surface area contributed by atoms with E-state index in [4.69, 9.17) is 9.15 Å². The number of carbonyl (C=O) groups excluding carboxylic acids is 1. The average Bonchev–Trinajstić information content (AvgIpc) is 3.23. The summed E-state index contributed by atoms with van der Waals surface area (Å²) < 4.78 is 37.9. The summed E-state index contributed by atoms with van der Waals surface area (Å²) in [6.07, 6.45) is 3.03. The van der Waals surface area contributed by atoms with Gasteiger partial charge in [0, 0.05) is 12.3 Å². The monoisotopic (exact) mass is 333 g/mol. The van der Waals surface area contributed by atoms with Crippen LogP contribution in [0.5, 0.6) is 5.75 Å². The number of hydrogen-bond donors (Lipinski definition) is 1. The van der Waals surface area contributed by atoms with Gasteiger partial charge in [0.05, 0.1) is 12.8 Å². The minimum atomic E-state index is -0.807. The molecule has 0 bridgehead atoms. The van der Waals surface area contributed by atoms with Gasteiger partial charge in [-0.15, -0.1) is 0 Å². The molecule has 2 heterocycles. The maximum atomic E-state index is 13.5. The second-order valence-electron chi connectivity index (χ2n) is 4.85. The number of hydrogen-bond acceptors (Lipinski definition) is 4. The van der Waals surface area contributed by atoms with E-state index in [-0.39, 0.29) is 30.6 Å². The molecule has 0 aliphatic carbocycles. The molecule has 0 spiro atoms. The van der Waals surface area contributed by atoms with Crippen LogP contribution in [0.15, 0.2) is 53.3 Å². The van der Waals surface area contributed by atoms with Gasteiger partial charge in [0.2, 0.25) is 0 Å². The minimum Gasteiger partial charge on any atom is -0.468 e. The molecule has 0 aliphatic rings. The van der Waals surface area contributed by atoms with E-state index in [1.165, 1.54) is 29.3 Å². The van der Waals surface area contributed by atoms with Gasteiger partial charge >= 0.3 is 0 Å². The van der Waals surface area contributed by atoms with Crippen molar-refractivity contribution in [2.45, 2.75) is 13.3 Å². The third-order valence-electron chi connectivity index (χ3n) is 3.12. The lowest BCUT2D eigenvalue weighted by Gasteiger charge is -2.07. The van der Waals surface area contributed by atoms with Crippen LogP contribution in [0, 0.1) is 11.6 Å². The van der Waals surface area contributed by atoms with Gasteiger partial charge in [-0.3, -0.25) is 4.79 Å². The average molecular weight is 333 g/mol. The Morgan fingerprint density at radius 2 is 2.17 bits per heavy atom. The number of rotatable bonds is 6. The topological polar surface area (TPSA) is 69.3 Å². The molecule has 0 fully saturated rings. The molecule has 1 aromatic carbocycles. The first-order chi connectivity index (χ1) is 11.6. The first-order valence-corrected chi connectivity index (χ1v) is 7.04. The van der Waals surface area contributed by atoms with Crippen molar-refractivity contribution in [2.24, 2.45) is 0 Å². The Morgan fingerprint density at radius 3 is 2.92 bits per heavy atom. The zero-order valence-electron chi connectivity index (χ0n) is 12.4. The molecule has 8 heteroatoms. The number of amides is 1. The smallest absolute Gasteiger partial charge is 0.272 e. The van der Waals surface area contributed by atoms with E-state index in [0.29, 0.717) is 5.76 Å². The predicted octanol–water partition coefficient (Wildman–Crippen LogP) is 2.72. The molecule has 0 aliphatic heterocycles. The fourth-order valence-electron chi connectivity index (χ4n) is 1.95. The first-order valence-electron chi connectivity index (χ1n) is 7.04. The summed E-state index contributed by atoms with van der Waals surface area (Å²) in [6, 6.07) is 7.97. The minimum absolute atomic E-state index is 0.101. The van der Waals surface area contributed by atoms with Crippen LogP contribution >= 0.6 is 0 Å². The van der Waals surface area contributed by atoms with Gasteiger partial charge in [0.1, 0.15) is 17.3 Å². The van der Waals surface area contributed by atoms with Gasteiger partial charge in [-0.1, -0.05) is 0 Å². The first kappa shape index (κ1) is 15.7. The normalized spacial score (nSPS) is 10.6. The Morgan fingerprint density at radius 1 is 1.29 bits per heavy atom. The number of furan rings is 1. The number of carbonyl (C=O) groups is 1. The molecule has 0 saturated carbocycles. The van der Waals surface area contributed by atoms with Gasteiger partial charge in [-0.2, -0.15) is 5.10 Å². The standard InChI is InChI=1S/C16H13F2N3O3/c17-11-3-4-15(13(18)8-11)24-10-21-6-5-14(20-21)16(22)19-9-12-2-1-7-23-12/h1-8H,9-10H2,(H,19,22). The van der Waals surface area contributed by atoms with Crippen LogP contribution in [0.3, 0.4) is 0 Å². The van der Waals surface area contributed by atoms with Gasteiger partial charge in [-0.05, 0) is 30.3 Å². The van der Waals surface area contributed by atoms with Crippen molar-refractivity contribution in [3.63, 3.8) is 0 Å². The molecular formula is C16H13F2N3O3. The second-order valence-corrected chi connectivity index (χ2v) is 4.85. The molecule has 1 amide bonds. The summed E-state index contributed by atoms with van der Waals surface area (Å²) >= 11 is 0. The van der Waals surface area contributed by atoms with Crippen molar-refractivity contribution in [1.29, 1.82) is 0 Å². The number of nitrogens with one attached hydrogen (secondary N) is 1. The van der Waals surface area contributed by atoms with Gasteiger partial charge in [0.25, 0.3) is 5.91 Å². The van der Waals surface area contributed by atoms with E-state index in [1.54, 1.807) is 12.1 Å². The highest BCUT2D eigenvalue weighted by Gasteiger charge is 2.11. The fraction of sp³-hybridized carbons (Fsp3) is 0.125. The molecule has 0 saturated heterocycles. The number of halogens is 2. The number of ether oxygens (including phenoxy) is 1. The summed E-state index contributed by atoms with van der Waals surface area (Å²) in [7, 11) is 0. The molecule has 0 unspecified atom stereocenters. The zero-order chi connectivity index (χ0) is 16.9. The SMILES string of the molecule is O=C(NCc1ccco1)c1ccn(COc2ccc(F)cc2F)n1. The van der Waals surface area contributed by atoms with Crippen molar-refractivity contribution in [2.75, 3.05) is 0 Å². The van der Waals surface area contributed by atoms with Crippen molar-refractivity contribution >= 4 is 5.91 Å². The van der Waals surface area contributed by atoms with Crippen LogP contribution in [0.25, 0.3) is 0 Å². The molecule has 124 valence electrons. The van der Waals surface area contributed by atoms with E-state index in [0.717, 1.165) is 12.1 Å². The molecule has 24 heavy (non-hydrogen) atoms. The van der Waals surface area contributed by atoms with Crippen LogP contribution in [-0.4, -0.2) is 15.7 Å². The maximum Gasteiger partial charge on any atom is 0.272 e. The van der Waals surface area contributed by atoms with E-state index in [2.05, 4.69) is 10.4 Å². The van der Waals surface area contributed by atoms with Crippen molar-refractivity contribution in [3.8, 4) is 5.75 Å². The Labute approximate surface area is 135 Å². The molecule has 2 aromatic heterocycles. The predicted molar refractivity (Wildman–Crippen MR) is 79.1 cm³/mol. The molecule has 0 atom stereocenters. The van der Waals surface area contributed by atoms with Crippen LogP contribution in [0.4, 0.5) is 8.78 Å². The van der Waals surface area contributed by atoms with E-state index >= 15 is 0 Å². The number of benzene rings is 1. The molecular weight excluding hydrogens is 320 g/mol. The number of nitrogens with zero attached hydrogens (tertiary/aromatic N) is 2. The Balaban J connectivity index is 1.55. The summed E-state index contributed by atoms with van der Waals surface area (Å²) in [5, 5.41) is 6.68. The lowest BCUT2D eigenvalue weighted by atomic mass is 10.3. The second kappa shape index (κ2) is 6.95. The summed E-state index contributed by atoms with van der Waals surface area (Å²) in [5.41, 5.74) is 0.185. The quantitative estimate of drug-likeness (QED) is 0.753. The molecule has 3 rings (SSSR count). The molecule has 0 radical (unpaired) electrons. The Hall–Kier alpha value is -3.16. The van der Waals surface area contributed by atoms with Crippen LogP contribution in [-0.2, 0) is 13.3 Å². The Bertz CT molecular complexity index is 831. The van der Waals surface area contributed by atoms with Crippen molar-refractivity contribution in [1.82, 2.24) is 15.1 Å². The van der Waals surface area contributed by atoms with E-state index in [9.17, 15) is 13.6 Å². The number of aromatic nitrogens is 2. The fourth-order valence-corrected chi connectivity index (χ4v) is 1.95. The summed E-state index contributed by atoms with van der Waals surface area (Å²) in [5.74, 6) is -1.35. The molecule has 1 N–H and O–H groups in total. The lowest BCUT2D eigenvalue weighted by Crippen LogP contribution is -2.23. The summed E-state index contributed by atoms with van der Waals surface area (Å²) in [6.45, 7) is 0.129. The highest BCUT2D eigenvalue weighted by atomic mass is 19.1. The zero-order valence-corrected chi connectivity index (χ0v) is 12.4. The van der Waals surface area contributed by atoms with Crippen LogP contribution < -0.4 is 10.1 Å². The van der Waals surface area contributed by atoms with Crippen LogP contribution in [0.1, 0.15) is 16.2 Å². The maximum absolute atomic E-state index is 13.5. The summed E-state index contributed by atoms with van der Waals surface area (Å²) in [4.78, 5) is 11.9. The third-order valence-corrected chi connectivity index (χ3v) is 3.12. The lowest BCUT2D eigenvalue weighted by molar-refractivity contribution is 0.0941. The van der Waals surface area contributed by atoms with Gasteiger partial charge < -0.3 is 14.5 Å². The highest BCUT2D eigenvalue weighted by molar-refractivity contribution is 5.92. The largest absolute Gasteiger partial charge is 0.468 e. The van der Waals surface area contributed by atoms with Gasteiger partial charge in [-0.25, -0.2) is 13.5 Å². The molecule has 3 aromatic rings. The van der Waals surface area contributed by atoms with E-state index < -0.39 is 11.6 Å². The van der Waals surface area contributed by atoms with Crippen LogP contribution in [0.2, 0.25) is 0 Å². The molecule has 6 nitrogen and oxygen atoms in total.